The van der Waals surface area contributed by atoms with Crippen LogP contribution in [0.25, 0.3) is 10.9 Å². The number of carbonyl (C=O) groups is 2. The number of ketones is 1. The van der Waals surface area contributed by atoms with Gasteiger partial charge in [0.1, 0.15) is 5.75 Å². The molecule has 0 atom stereocenters. The molecule has 1 heterocycles. The molecule has 0 aliphatic heterocycles. The zero-order valence-electron chi connectivity index (χ0n) is 13.9. The van der Waals surface area contributed by atoms with Crippen LogP contribution in [0.2, 0.25) is 0 Å². The van der Waals surface area contributed by atoms with Crippen molar-refractivity contribution in [1.82, 2.24) is 4.98 Å². The molecule has 5 heteroatoms. The fourth-order valence-electron chi connectivity index (χ4n) is 2.59. The van der Waals surface area contributed by atoms with Crippen LogP contribution < -0.4 is 10.1 Å². The summed E-state index contributed by atoms with van der Waals surface area (Å²) < 4.78 is 5.27. The zero-order valence-corrected chi connectivity index (χ0v) is 13.9. The van der Waals surface area contributed by atoms with Crippen molar-refractivity contribution >= 4 is 28.3 Å². The third kappa shape index (κ3) is 4.01. The molecule has 0 aliphatic rings. The Morgan fingerprint density at radius 2 is 1.84 bits per heavy atom. The highest BCUT2D eigenvalue weighted by atomic mass is 16.5. The lowest BCUT2D eigenvalue weighted by molar-refractivity contribution is -0.116. The van der Waals surface area contributed by atoms with Gasteiger partial charge in [0.25, 0.3) is 0 Å². The standard InChI is InChI=1S/C20H18N2O3/c1-25-16-12-15-8-5-11-21-20(15)17(13-16)22-19(24)10-9-18(23)14-6-3-2-4-7-14/h2-8,11-13H,9-10H2,1H3,(H,22,24). The van der Waals surface area contributed by atoms with Crippen molar-refractivity contribution in [2.24, 2.45) is 0 Å². The fraction of sp³-hybridized carbons (Fsp3) is 0.150. The highest BCUT2D eigenvalue weighted by Gasteiger charge is 2.12. The van der Waals surface area contributed by atoms with Gasteiger partial charge in [-0.2, -0.15) is 0 Å². The number of nitrogens with zero attached hydrogens (tertiary/aromatic N) is 1. The molecule has 5 nitrogen and oxygen atoms in total. The smallest absolute Gasteiger partial charge is 0.224 e. The van der Waals surface area contributed by atoms with Crippen LogP contribution in [-0.2, 0) is 4.79 Å². The number of Topliss-reactive ketones (excluding diaryl/α,β-unsaturated/α-hetero) is 1. The number of amides is 1. The normalized spacial score (nSPS) is 10.4. The summed E-state index contributed by atoms with van der Waals surface area (Å²) >= 11 is 0. The van der Waals surface area contributed by atoms with E-state index >= 15 is 0 Å². The lowest BCUT2D eigenvalue weighted by Crippen LogP contribution is -2.14. The Kier molecular flexibility index (Phi) is 5.04. The molecular weight excluding hydrogens is 316 g/mol. The second-order valence-electron chi connectivity index (χ2n) is 5.59. The lowest BCUT2D eigenvalue weighted by atomic mass is 10.1. The Hall–Kier alpha value is -3.21. The molecule has 25 heavy (non-hydrogen) atoms. The van der Waals surface area contributed by atoms with Crippen molar-refractivity contribution in [1.29, 1.82) is 0 Å². The molecular formula is C20H18N2O3. The average molecular weight is 334 g/mol. The Labute approximate surface area is 145 Å². The molecule has 2 aromatic carbocycles. The molecule has 0 saturated heterocycles. The van der Waals surface area contributed by atoms with Crippen LogP contribution in [0.5, 0.6) is 5.75 Å². The van der Waals surface area contributed by atoms with Crippen molar-refractivity contribution in [3.05, 3.63) is 66.4 Å². The van der Waals surface area contributed by atoms with Gasteiger partial charge < -0.3 is 10.1 Å². The van der Waals surface area contributed by atoms with Gasteiger partial charge in [0.05, 0.1) is 18.3 Å². The summed E-state index contributed by atoms with van der Waals surface area (Å²) in [4.78, 5) is 28.7. The highest BCUT2D eigenvalue weighted by molar-refractivity contribution is 6.03. The number of nitrogens with one attached hydrogen (secondary N) is 1. The number of fused-ring (bicyclic) bond motifs is 1. The van der Waals surface area contributed by atoms with E-state index in [1.54, 1.807) is 43.6 Å². The molecule has 0 radical (unpaired) electrons. The van der Waals surface area contributed by atoms with Gasteiger partial charge in [-0.1, -0.05) is 36.4 Å². The Bertz CT molecular complexity index is 907. The molecule has 0 fully saturated rings. The Balaban J connectivity index is 1.71. The molecule has 0 spiro atoms. The molecule has 0 saturated carbocycles. The number of anilines is 1. The van der Waals surface area contributed by atoms with Crippen LogP contribution >= 0.6 is 0 Å². The number of aromatic nitrogens is 1. The molecule has 0 bridgehead atoms. The van der Waals surface area contributed by atoms with Gasteiger partial charge in [0.15, 0.2) is 5.78 Å². The van der Waals surface area contributed by atoms with Gasteiger partial charge >= 0.3 is 0 Å². The van der Waals surface area contributed by atoms with E-state index in [2.05, 4.69) is 10.3 Å². The van der Waals surface area contributed by atoms with Gasteiger partial charge in [0, 0.05) is 36.1 Å². The first-order chi connectivity index (χ1) is 12.2. The summed E-state index contributed by atoms with van der Waals surface area (Å²) in [6.07, 6.45) is 1.94. The van der Waals surface area contributed by atoms with Crippen LogP contribution in [0, 0.1) is 0 Å². The molecule has 3 rings (SSSR count). The van der Waals surface area contributed by atoms with Crippen LogP contribution in [0.15, 0.2) is 60.8 Å². The first-order valence-corrected chi connectivity index (χ1v) is 7.98. The molecule has 126 valence electrons. The third-order valence-electron chi connectivity index (χ3n) is 3.86. The van der Waals surface area contributed by atoms with E-state index in [0.717, 1.165) is 5.39 Å². The second kappa shape index (κ2) is 7.57. The monoisotopic (exact) mass is 334 g/mol. The number of methoxy groups -OCH3 is 1. The van der Waals surface area contributed by atoms with Crippen molar-refractivity contribution < 1.29 is 14.3 Å². The van der Waals surface area contributed by atoms with Crippen LogP contribution in [0.3, 0.4) is 0 Å². The van der Waals surface area contributed by atoms with Gasteiger partial charge in [-0.25, -0.2) is 0 Å². The number of ether oxygens (including phenoxy) is 1. The molecule has 0 aliphatic carbocycles. The topological polar surface area (TPSA) is 68.3 Å². The van der Waals surface area contributed by atoms with E-state index in [1.165, 1.54) is 0 Å². The maximum Gasteiger partial charge on any atom is 0.224 e. The van der Waals surface area contributed by atoms with Crippen LogP contribution in [0.1, 0.15) is 23.2 Å². The molecule has 0 unspecified atom stereocenters. The van der Waals surface area contributed by atoms with E-state index in [9.17, 15) is 9.59 Å². The average Bonchev–Trinajstić information content (AvgIpc) is 2.66. The third-order valence-corrected chi connectivity index (χ3v) is 3.86. The highest BCUT2D eigenvalue weighted by Crippen LogP contribution is 2.27. The van der Waals surface area contributed by atoms with Gasteiger partial charge in [-0.15, -0.1) is 0 Å². The zero-order chi connectivity index (χ0) is 17.6. The second-order valence-corrected chi connectivity index (χ2v) is 5.59. The van der Waals surface area contributed by atoms with E-state index in [1.807, 2.05) is 24.3 Å². The van der Waals surface area contributed by atoms with E-state index in [0.29, 0.717) is 22.5 Å². The summed E-state index contributed by atoms with van der Waals surface area (Å²) in [5, 5.41) is 3.71. The number of carbonyl (C=O) groups excluding carboxylic acids is 2. The minimum atomic E-state index is -0.232. The minimum absolute atomic E-state index is 0.0515. The summed E-state index contributed by atoms with van der Waals surface area (Å²) in [7, 11) is 1.57. The lowest BCUT2D eigenvalue weighted by Gasteiger charge is -2.10. The maximum atomic E-state index is 12.3. The van der Waals surface area contributed by atoms with Crippen molar-refractivity contribution in [2.45, 2.75) is 12.8 Å². The first kappa shape index (κ1) is 16.6. The number of benzene rings is 2. The van der Waals surface area contributed by atoms with Gasteiger partial charge in [-0.3, -0.25) is 14.6 Å². The Morgan fingerprint density at radius 1 is 1.04 bits per heavy atom. The summed E-state index contributed by atoms with van der Waals surface area (Å²) in [6.45, 7) is 0. The predicted octanol–water partition coefficient (Wildman–Crippen LogP) is 3.85. The van der Waals surface area contributed by atoms with Crippen molar-refractivity contribution in [2.75, 3.05) is 12.4 Å². The van der Waals surface area contributed by atoms with Crippen LogP contribution in [0.4, 0.5) is 5.69 Å². The van der Waals surface area contributed by atoms with Gasteiger partial charge in [-0.05, 0) is 12.1 Å². The maximum absolute atomic E-state index is 12.3. The molecule has 3 aromatic rings. The van der Waals surface area contributed by atoms with Gasteiger partial charge in [0.2, 0.25) is 5.91 Å². The number of rotatable bonds is 6. The SMILES string of the molecule is COc1cc(NC(=O)CCC(=O)c2ccccc2)c2ncccc2c1. The molecule has 1 aromatic heterocycles. The largest absolute Gasteiger partial charge is 0.497 e. The number of pyridine rings is 1. The quantitative estimate of drug-likeness (QED) is 0.695. The fourth-order valence-corrected chi connectivity index (χ4v) is 2.59. The van der Waals surface area contributed by atoms with E-state index in [-0.39, 0.29) is 24.5 Å². The van der Waals surface area contributed by atoms with Crippen molar-refractivity contribution in [3.63, 3.8) is 0 Å². The minimum Gasteiger partial charge on any atom is -0.497 e. The summed E-state index contributed by atoms with van der Waals surface area (Å²) in [5.41, 5.74) is 1.88. The Morgan fingerprint density at radius 3 is 2.60 bits per heavy atom. The first-order valence-electron chi connectivity index (χ1n) is 7.98. The van der Waals surface area contributed by atoms with Crippen molar-refractivity contribution in [3.8, 4) is 5.75 Å². The molecule has 1 N–H and O–H groups in total. The summed E-state index contributed by atoms with van der Waals surface area (Å²) in [6, 6.07) is 16.3. The molecule has 1 amide bonds. The number of hydrogen-bond acceptors (Lipinski definition) is 4. The summed E-state index contributed by atoms with van der Waals surface area (Å²) in [5.74, 6) is 0.352. The number of hydrogen-bond donors (Lipinski definition) is 1. The van der Waals surface area contributed by atoms with E-state index in [4.69, 9.17) is 4.74 Å². The van der Waals surface area contributed by atoms with E-state index < -0.39 is 0 Å². The van der Waals surface area contributed by atoms with Crippen LogP contribution in [-0.4, -0.2) is 23.8 Å². The predicted molar refractivity (Wildman–Crippen MR) is 96.9 cm³/mol.